The molecule has 0 radical (unpaired) electrons. The second-order valence-corrected chi connectivity index (χ2v) is 13.6. The molecule has 1 aromatic heterocycles. The molecule has 0 spiro atoms. The maximum atomic E-state index is 12.8. The lowest BCUT2D eigenvalue weighted by Crippen LogP contribution is -2.38. The Kier molecular flexibility index (Phi) is 10.1. The van der Waals surface area contributed by atoms with Crippen LogP contribution >= 0.6 is 7.94 Å². The van der Waals surface area contributed by atoms with Gasteiger partial charge in [0.05, 0.1) is 18.4 Å². The fourth-order valence-electron chi connectivity index (χ4n) is 5.53. The van der Waals surface area contributed by atoms with Gasteiger partial charge in [0, 0.05) is 24.3 Å². The van der Waals surface area contributed by atoms with Crippen LogP contribution in [-0.2, 0) is 4.52 Å². The largest absolute Gasteiger partial charge is 0.490 e. The lowest BCUT2D eigenvalue weighted by molar-refractivity contribution is 0.102. The van der Waals surface area contributed by atoms with Gasteiger partial charge < -0.3 is 15.5 Å². The first-order chi connectivity index (χ1) is 22.8. The van der Waals surface area contributed by atoms with E-state index < -0.39 is 7.94 Å². The summed E-state index contributed by atoms with van der Waals surface area (Å²) in [7, 11) is -3.37. The minimum Gasteiger partial charge on any atom is -0.362 e. The SMILES string of the molecule is Cc1cccc(C(=O)Nc2cccc([C@H](C)Nc3cncc(N4CCC(O[P+](O)(Oc5ccccc5)c5ccccc5)CC4)n3)c2)c1. The number of rotatable bonds is 11. The standard InChI is InChI=1S/C37H38N5O4P/c1-27-11-9-13-30(23-27)37(43)40-31-14-10-12-29(24-31)28(2)39-35-25-38-26-36(41-35)42-21-19-33(20-22-42)46-47(44,34-17-7-4-8-18-34)45-32-15-5-3-6-16-32/h3-18,23-26,28,33,44H,19-22H2,1-2H3,(H-,39,40,41,43)/p+1/t28-,47?/m0/s1. The molecule has 2 heterocycles. The van der Waals surface area contributed by atoms with E-state index in [4.69, 9.17) is 14.0 Å². The van der Waals surface area contributed by atoms with Crippen LogP contribution in [0.1, 0.15) is 47.3 Å². The molecule has 47 heavy (non-hydrogen) atoms. The zero-order valence-corrected chi connectivity index (χ0v) is 27.4. The molecule has 2 atom stereocenters. The summed E-state index contributed by atoms with van der Waals surface area (Å²) in [5.74, 6) is 1.85. The van der Waals surface area contributed by atoms with E-state index in [9.17, 15) is 9.69 Å². The fraction of sp³-hybridized carbons (Fsp3) is 0.216. The number of nitrogens with zero attached hydrogens (tertiary/aromatic N) is 3. The van der Waals surface area contributed by atoms with Gasteiger partial charge in [-0.1, -0.05) is 66.2 Å². The van der Waals surface area contributed by atoms with E-state index >= 15 is 0 Å². The van der Waals surface area contributed by atoms with Crippen LogP contribution in [0.4, 0.5) is 17.3 Å². The van der Waals surface area contributed by atoms with E-state index in [-0.39, 0.29) is 18.1 Å². The topological polar surface area (TPSA) is 109 Å². The molecule has 1 aliphatic heterocycles. The molecular formula is C37H39N5O4P+. The van der Waals surface area contributed by atoms with Crippen molar-refractivity contribution in [1.82, 2.24) is 9.97 Å². The Balaban J connectivity index is 1.07. The third-order valence-electron chi connectivity index (χ3n) is 8.02. The molecule has 9 nitrogen and oxygen atoms in total. The molecule has 10 heteroatoms. The summed E-state index contributed by atoms with van der Waals surface area (Å²) in [5, 5.41) is 7.10. The van der Waals surface area contributed by atoms with Gasteiger partial charge in [0.25, 0.3) is 5.91 Å². The average Bonchev–Trinajstić information content (AvgIpc) is 3.09. The van der Waals surface area contributed by atoms with Gasteiger partial charge in [-0.15, -0.1) is 0 Å². The smallest absolute Gasteiger partial charge is 0.362 e. The Morgan fingerprint density at radius 3 is 2.38 bits per heavy atom. The van der Waals surface area contributed by atoms with Crippen molar-refractivity contribution in [2.24, 2.45) is 0 Å². The van der Waals surface area contributed by atoms with Crippen LogP contribution in [0.5, 0.6) is 5.75 Å². The fourth-order valence-corrected chi connectivity index (χ4v) is 7.37. The van der Waals surface area contributed by atoms with Crippen molar-refractivity contribution in [3.63, 3.8) is 0 Å². The molecule has 1 unspecified atom stereocenters. The molecular weight excluding hydrogens is 609 g/mol. The van der Waals surface area contributed by atoms with E-state index in [2.05, 4.69) is 20.5 Å². The van der Waals surface area contributed by atoms with Crippen LogP contribution in [0, 0.1) is 6.92 Å². The zero-order chi connectivity index (χ0) is 32.6. The predicted molar refractivity (Wildman–Crippen MR) is 188 cm³/mol. The number of carbonyl (C=O) groups is 1. The van der Waals surface area contributed by atoms with E-state index in [0.717, 1.165) is 22.6 Å². The van der Waals surface area contributed by atoms with Crippen molar-refractivity contribution >= 4 is 36.5 Å². The maximum absolute atomic E-state index is 12.8. The first-order valence-corrected chi connectivity index (χ1v) is 17.3. The molecule has 1 fully saturated rings. The minimum absolute atomic E-state index is 0.0845. The summed E-state index contributed by atoms with van der Waals surface area (Å²) in [6.45, 7) is 5.41. The van der Waals surface area contributed by atoms with E-state index in [1.807, 2.05) is 123 Å². The highest BCUT2D eigenvalue weighted by Gasteiger charge is 2.48. The molecule has 1 saturated heterocycles. The van der Waals surface area contributed by atoms with Gasteiger partial charge in [-0.05, 0) is 80.8 Å². The van der Waals surface area contributed by atoms with Gasteiger partial charge in [0.15, 0.2) is 11.1 Å². The Hall–Kier alpha value is -4.82. The Morgan fingerprint density at radius 2 is 1.64 bits per heavy atom. The van der Waals surface area contributed by atoms with Gasteiger partial charge in [-0.2, -0.15) is 9.42 Å². The second kappa shape index (κ2) is 14.7. The number of anilines is 3. The van der Waals surface area contributed by atoms with Gasteiger partial charge in [0.2, 0.25) is 0 Å². The van der Waals surface area contributed by atoms with Crippen LogP contribution in [-0.4, -0.2) is 40.0 Å². The summed E-state index contributed by atoms with van der Waals surface area (Å²) in [6, 6.07) is 33.9. The molecule has 3 N–H and O–H groups in total. The highest BCUT2D eigenvalue weighted by atomic mass is 31.2. The first-order valence-electron chi connectivity index (χ1n) is 15.8. The quantitative estimate of drug-likeness (QED) is 0.128. The van der Waals surface area contributed by atoms with Crippen molar-refractivity contribution in [2.75, 3.05) is 28.6 Å². The van der Waals surface area contributed by atoms with Crippen LogP contribution < -0.4 is 25.4 Å². The Bertz CT molecular complexity index is 1790. The number of hydrogen-bond donors (Lipinski definition) is 3. The van der Waals surface area contributed by atoms with E-state index in [1.54, 1.807) is 12.4 Å². The summed E-state index contributed by atoms with van der Waals surface area (Å²) in [4.78, 5) is 36.0. The highest BCUT2D eigenvalue weighted by molar-refractivity contribution is 7.69. The molecule has 4 aromatic carbocycles. The lowest BCUT2D eigenvalue weighted by Gasteiger charge is -2.32. The summed E-state index contributed by atoms with van der Waals surface area (Å²) in [6.07, 6.45) is 4.70. The van der Waals surface area contributed by atoms with E-state index in [1.165, 1.54) is 0 Å². The van der Waals surface area contributed by atoms with Crippen molar-refractivity contribution < 1.29 is 18.7 Å². The minimum atomic E-state index is -3.37. The number of amides is 1. The monoisotopic (exact) mass is 648 g/mol. The third kappa shape index (κ3) is 8.32. The molecule has 240 valence electrons. The molecule has 0 bridgehead atoms. The van der Waals surface area contributed by atoms with Gasteiger partial charge in [-0.25, -0.2) is 4.98 Å². The number of carbonyl (C=O) groups excluding carboxylic acids is 1. The van der Waals surface area contributed by atoms with Gasteiger partial charge in [0.1, 0.15) is 17.7 Å². The third-order valence-corrected chi connectivity index (χ3v) is 10.0. The number of aryl methyl sites for hydroxylation is 1. The maximum Gasteiger partial charge on any atom is 0.490 e. The number of aromatic nitrogens is 2. The molecule has 0 aliphatic carbocycles. The number of benzene rings is 4. The molecule has 1 amide bonds. The van der Waals surface area contributed by atoms with Crippen LogP contribution in [0.25, 0.3) is 0 Å². The van der Waals surface area contributed by atoms with Crippen LogP contribution in [0.2, 0.25) is 0 Å². The average molecular weight is 649 g/mol. The predicted octanol–water partition coefficient (Wildman–Crippen LogP) is 7.36. The summed E-state index contributed by atoms with van der Waals surface area (Å²) in [5.41, 5.74) is 3.39. The van der Waals surface area contributed by atoms with Crippen molar-refractivity contribution in [3.8, 4) is 5.75 Å². The first kappa shape index (κ1) is 32.1. The Labute approximate surface area is 276 Å². The van der Waals surface area contributed by atoms with Crippen molar-refractivity contribution in [3.05, 3.63) is 138 Å². The second-order valence-electron chi connectivity index (χ2n) is 11.6. The summed E-state index contributed by atoms with van der Waals surface area (Å²) >= 11 is 0. The molecule has 1 aliphatic rings. The zero-order valence-electron chi connectivity index (χ0n) is 26.5. The summed E-state index contributed by atoms with van der Waals surface area (Å²) < 4.78 is 12.5. The Morgan fingerprint density at radius 1 is 0.915 bits per heavy atom. The van der Waals surface area contributed by atoms with Crippen molar-refractivity contribution in [2.45, 2.75) is 38.8 Å². The molecule has 5 aromatic rings. The van der Waals surface area contributed by atoms with Crippen LogP contribution in [0.15, 0.2) is 122 Å². The van der Waals surface area contributed by atoms with Crippen molar-refractivity contribution in [1.29, 1.82) is 0 Å². The van der Waals surface area contributed by atoms with E-state index in [0.29, 0.717) is 48.4 Å². The number of piperidine rings is 1. The van der Waals surface area contributed by atoms with Gasteiger partial charge >= 0.3 is 7.94 Å². The highest BCUT2D eigenvalue weighted by Crippen LogP contribution is 2.57. The number of para-hydroxylation sites is 1. The van der Waals surface area contributed by atoms with Crippen LogP contribution in [0.3, 0.4) is 0 Å². The molecule has 0 saturated carbocycles. The normalized spacial score (nSPS) is 15.3. The van der Waals surface area contributed by atoms with Gasteiger partial charge in [-0.3, -0.25) is 14.3 Å². The molecule has 6 rings (SSSR count). The number of nitrogens with one attached hydrogen (secondary N) is 2. The number of hydrogen-bond acceptors (Lipinski definition) is 8. The lowest BCUT2D eigenvalue weighted by atomic mass is 10.1.